The molecule has 0 aliphatic carbocycles. The summed E-state index contributed by atoms with van der Waals surface area (Å²) < 4.78 is 61.2. The van der Waals surface area contributed by atoms with E-state index in [-0.39, 0.29) is 0 Å². The molecule has 0 saturated carbocycles. The Labute approximate surface area is 145 Å². The number of hydrogen-bond acceptors (Lipinski definition) is 3. The van der Waals surface area contributed by atoms with Gasteiger partial charge < -0.3 is 0 Å². The van der Waals surface area contributed by atoms with Gasteiger partial charge >= 0.3 is 15.6 Å². The molecule has 0 aliphatic rings. The molecule has 7 heteroatoms. The smallest absolute Gasteiger partial charge is 0.263 e. The third-order valence-corrected chi connectivity index (χ3v) is 4.89. The maximum atomic E-state index is 12.0. The van der Waals surface area contributed by atoms with Crippen molar-refractivity contribution in [1.29, 1.82) is 0 Å². The molecule has 0 amide bonds. The van der Waals surface area contributed by atoms with E-state index in [2.05, 4.69) is 25.0 Å². The summed E-state index contributed by atoms with van der Waals surface area (Å²) in [6, 6.07) is 0. The van der Waals surface area contributed by atoms with Gasteiger partial charge in [0.1, 0.15) is 0 Å². The number of unbranched alkanes of at least 4 members (excludes halogenated alkanes) is 9. The molecule has 0 aromatic rings. The Morgan fingerprint density at radius 1 is 0.708 bits per heavy atom. The fraction of sp³-hybridized carbons (Fsp3) is 1.00. The Bertz CT molecular complexity index is 412. The van der Waals surface area contributed by atoms with Crippen molar-refractivity contribution in [2.45, 2.75) is 96.9 Å². The largest absolute Gasteiger partial charge is 0.523 e. The second-order valence-electron chi connectivity index (χ2n) is 7.57. The predicted molar refractivity (Wildman–Crippen MR) is 91.2 cm³/mol. The third kappa shape index (κ3) is 13.0. The van der Waals surface area contributed by atoms with E-state index in [0.717, 1.165) is 19.3 Å². The highest BCUT2D eigenvalue weighted by molar-refractivity contribution is 7.87. The molecule has 0 aromatic heterocycles. The van der Waals surface area contributed by atoms with Crippen molar-refractivity contribution < 1.29 is 25.8 Å². The summed E-state index contributed by atoms with van der Waals surface area (Å²) in [5, 5.41) is 0. The van der Waals surface area contributed by atoms with Crippen LogP contribution in [0.15, 0.2) is 0 Å². The number of hydrogen-bond donors (Lipinski definition) is 0. The first-order valence-electron chi connectivity index (χ1n) is 8.91. The molecular formula is C17H33F3O3S. The highest BCUT2D eigenvalue weighted by Crippen LogP contribution is 2.25. The predicted octanol–water partition coefficient (Wildman–Crippen LogP) is 6.19. The Kier molecular flexibility index (Phi) is 11.2. The standard InChI is InChI=1S/C17H33F3O3S/c1-16(2,3)14-12-10-8-6-4-5-7-9-11-13-15-23-24(21,22)17(18,19)20/h4-15H2,1-3H3. The summed E-state index contributed by atoms with van der Waals surface area (Å²) in [5.41, 5.74) is -4.90. The highest BCUT2D eigenvalue weighted by Gasteiger charge is 2.47. The molecule has 0 unspecified atom stereocenters. The zero-order valence-corrected chi connectivity index (χ0v) is 16.1. The lowest BCUT2D eigenvalue weighted by molar-refractivity contribution is -0.0542. The van der Waals surface area contributed by atoms with Gasteiger partial charge in [0.15, 0.2) is 0 Å². The lowest BCUT2D eigenvalue weighted by Gasteiger charge is -2.17. The third-order valence-electron chi connectivity index (χ3n) is 3.84. The molecule has 0 bridgehead atoms. The highest BCUT2D eigenvalue weighted by atomic mass is 32.2. The van der Waals surface area contributed by atoms with Crippen LogP contribution < -0.4 is 0 Å². The van der Waals surface area contributed by atoms with E-state index < -0.39 is 22.2 Å². The molecule has 0 saturated heterocycles. The number of rotatable bonds is 13. The van der Waals surface area contributed by atoms with Crippen LogP contribution in [-0.2, 0) is 14.3 Å². The van der Waals surface area contributed by atoms with Crippen molar-refractivity contribution >= 4 is 10.1 Å². The zero-order valence-electron chi connectivity index (χ0n) is 15.3. The lowest BCUT2D eigenvalue weighted by Crippen LogP contribution is -2.25. The minimum atomic E-state index is -5.42. The van der Waals surface area contributed by atoms with Crippen molar-refractivity contribution in [3.05, 3.63) is 0 Å². The van der Waals surface area contributed by atoms with Gasteiger partial charge in [-0.15, -0.1) is 0 Å². The van der Waals surface area contributed by atoms with Crippen LogP contribution in [0, 0.1) is 5.41 Å². The van der Waals surface area contributed by atoms with Gasteiger partial charge in [0, 0.05) is 0 Å². The maximum absolute atomic E-state index is 12.0. The van der Waals surface area contributed by atoms with Gasteiger partial charge in [-0.3, -0.25) is 4.18 Å². The minimum Gasteiger partial charge on any atom is -0.263 e. The molecule has 3 nitrogen and oxygen atoms in total. The van der Waals surface area contributed by atoms with E-state index >= 15 is 0 Å². The van der Waals surface area contributed by atoms with Crippen molar-refractivity contribution in [1.82, 2.24) is 0 Å². The molecule has 0 rings (SSSR count). The van der Waals surface area contributed by atoms with Gasteiger partial charge in [0.25, 0.3) is 0 Å². The van der Waals surface area contributed by atoms with Crippen molar-refractivity contribution in [3.63, 3.8) is 0 Å². The zero-order chi connectivity index (χ0) is 18.7. The first-order valence-corrected chi connectivity index (χ1v) is 10.3. The molecule has 0 spiro atoms. The summed E-state index contributed by atoms with van der Waals surface area (Å²) in [5.74, 6) is 0. The SMILES string of the molecule is CC(C)(C)CCCCCCCCCCCCOS(=O)(=O)C(F)(F)F. The van der Waals surface area contributed by atoms with Crippen LogP contribution in [0.25, 0.3) is 0 Å². The fourth-order valence-electron chi connectivity index (χ4n) is 2.41. The summed E-state index contributed by atoms with van der Waals surface area (Å²) in [6.07, 6.45) is 11.6. The van der Waals surface area contributed by atoms with E-state index in [1.807, 2.05) is 0 Å². The van der Waals surface area contributed by atoms with Crippen LogP contribution in [0.1, 0.15) is 91.4 Å². The molecule has 146 valence electrons. The van der Waals surface area contributed by atoms with E-state index in [0.29, 0.717) is 18.3 Å². The maximum Gasteiger partial charge on any atom is 0.523 e. The van der Waals surface area contributed by atoms with Crippen molar-refractivity contribution in [2.75, 3.05) is 6.61 Å². The Balaban J connectivity index is 3.35. The Morgan fingerprint density at radius 3 is 1.46 bits per heavy atom. The second-order valence-corrected chi connectivity index (χ2v) is 9.17. The number of halogens is 3. The summed E-state index contributed by atoms with van der Waals surface area (Å²) in [4.78, 5) is 0. The van der Waals surface area contributed by atoms with E-state index in [1.54, 1.807) is 0 Å². The normalized spacial score (nSPS) is 13.4. The van der Waals surface area contributed by atoms with Gasteiger partial charge in [-0.1, -0.05) is 78.6 Å². The molecule has 24 heavy (non-hydrogen) atoms. The molecule has 0 atom stereocenters. The summed E-state index contributed by atoms with van der Waals surface area (Å²) >= 11 is 0. The van der Waals surface area contributed by atoms with Gasteiger partial charge in [-0.25, -0.2) is 0 Å². The molecule has 0 N–H and O–H groups in total. The van der Waals surface area contributed by atoms with Crippen LogP contribution in [-0.4, -0.2) is 20.5 Å². The van der Waals surface area contributed by atoms with Crippen LogP contribution >= 0.6 is 0 Å². The molecule has 0 heterocycles. The second kappa shape index (κ2) is 11.3. The Hall–Kier alpha value is -0.300. The molecule has 0 fully saturated rings. The average molecular weight is 375 g/mol. The molecular weight excluding hydrogens is 341 g/mol. The van der Waals surface area contributed by atoms with Crippen molar-refractivity contribution in [2.24, 2.45) is 5.41 Å². The van der Waals surface area contributed by atoms with Gasteiger partial charge in [0.2, 0.25) is 0 Å². The Morgan fingerprint density at radius 2 is 1.08 bits per heavy atom. The average Bonchev–Trinajstić information content (AvgIpc) is 2.41. The number of alkyl halides is 3. The molecule has 0 aromatic carbocycles. The van der Waals surface area contributed by atoms with Gasteiger partial charge in [-0.2, -0.15) is 21.6 Å². The first-order chi connectivity index (χ1) is 11.0. The van der Waals surface area contributed by atoms with Crippen LogP contribution in [0.5, 0.6) is 0 Å². The minimum absolute atomic E-state index is 0.335. The van der Waals surface area contributed by atoms with Crippen LogP contribution in [0.3, 0.4) is 0 Å². The van der Waals surface area contributed by atoms with Gasteiger partial charge in [-0.05, 0) is 18.3 Å². The van der Waals surface area contributed by atoms with Crippen LogP contribution in [0.2, 0.25) is 0 Å². The lowest BCUT2D eigenvalue weighted by atomic mass is 9.89. The van der Waals surface area contributed by atoms with E-state index in [4.69, 9.17) is 0 Å². The van der Waals surface area contributed by atoms with E-state index in [1.165, 1.54) is 38.5 Å². The molecule has 0 radical (unpaired) electrons. The van der Waals surface area contributed by atoms with Crippen LogP contribution in [0.4, 0.5) is 13.2 Å². The quantitative estimate of drug-likeness (QED) is 0.219. The monoisotopic (exact) mass is 374 g/mol. The first kappa shape index (κ1) is 23.7. The molecule has 0 aliphatic heterocycles. The summed E-state index contributed by atoms with van der Waals surface area (Å²) in [6.45, 7) is 6.39. The van der Waals surface area contributed by atoms with E-state index in [9.17, 15) is 21.6 Å². The van der Waals surface area contributed by atoms with Gasteiger partial charge in [0.05, 0.1) is 6.61 Å². The summed E-state index contributed by atoms with van der Waals surface area (Å²) in [7, 11) is -5.42. The topological polar surface area (TPSA) is 43.4 Å². The fourth-order valence-corrected chi connectivity index (χ4v) is 2.88. The van der Waals surface area contributed by atoms with Crippen molar-refractivity contribution in [3.8, 4) is 0 Å².